The van der Waals surface area contributed by atoms with Gasteiger partial charge in [0, 0.05) is 19.3 Å². The summed E-state index contributed by atoms with van der Waals surface area (Å²) in [5.74, 6) is 2.28. The lowest BCUT2D eigenvalue weighted by Crippen LogP contribution is -2.29. The Hall–Kier alpha value is -0.540. The van der Waals surface area contributed by atoms with Crippen molar-refractivity contribution >= 4 is 12.6 Å². The fourth-order valence-electron chi connectivity index (χ4n) is 1.71. The van der Waals surface area contributed by atoms with Crippen LogP contribution in [0.15, 0.2) is 24.4 Å². The maximum absolute atomic E-state index is 4.41. The minimum atomic E-state index is 0.650. The lowest BCUT2D eigenvalue weighted by Gasteiger charge is -2.25. The van der Waals surface area contributed by atoms with Crippen molar-refractivity contribution in [3.05, 3.63) is 30.1 Å². The molecule has 0 aliphatic rings. The SMILES string of the molecule is CC(C)C(CS)CN(C)Cc1ccccn1. The molecule has 1 heterocycles. The van der Waals surface area contributed by atoms with Crippen molar-refractivity contribution in [2.75, 3.05) is 19.3 Å². The summed E-state index contributed by atoms with van der Waals surface area (Å²) in [5.41, 5.74) is 1.13. The highest BCUT2D eigenvalue weighted by Crippen LogP contribution is 2.14. The number of nitrogens with zero attached hydrogens (tertiary/aromatic N) is 2. The molecule has 0 bridgehead atoms. The minimum absolute atomic E-state index is 0.650. The fraction of sp³-hybridized carbons (Fsp3) is 0.615. The molecule has 0 aliphatic carbocycles. The second kappa shape index (κ2) is 6.92. The normalized spacial score (nSPS) is 13.4. The molecule has 1 atom stereocenters. The summed E-state index contributed by atoms with van der Waals surface area (Å²) >= 11 is 4.41. The smallest absolute Gasteiger partial charge is 0.0543 e. The maximum atomic E-state index is 4.41. The monoisotopic (exact) mass is 238 g/mol. The molecule has 2 nitrogen and oxygen atoms in total. The van der Waals surface area contributed by atoms with Gasteiger partial charge in [0.15, 0.2) is 0 Å². The molecular formula is C13H22N2S. The van der Waals surface area contributed by atoms with E-state index in [9.17, 15) is 0 Å². The summed E-state index contributed by atoms with van der Waals surface area (Å²) in [6.07, 6.45) is 1.85. The Bertz CT molecular complexity index is 287. The van der Waals surface area contributed by atoms with E-state index >= 15 is 0 Å². The molecule has 90 valence electrons. The van der Waals surface area contributed by atoms with Gasteiger partial charge in [-0.1, -0.05) is 19.9 Å². The Morgan fingerprint density at radius 3 is 2.62 bits per heavy atom. The number of aromatic nitrogens is 1. The summed E-state index contributed by atoms with van der Waals surface area (Å²) in [6, 6.07) is 6.06. The Labute approximate surface area is 104 Å². The molecule has 0 saturated carbocycles. The van der Waals surface area contributed by atoms with Crippen molar-refractivity contribution in [3.8, 4) is 0 Å². The van der Waals surface area contributed by atoms with Crippen LogP contribution in [0.2, 0.25) is 0 Å². The van der Waals surface area contributed by atoms with E-state index in [1.165, 1.54) is 0 Å². The Morgan fingerprint density at radius 2 is 2.12 bits per heavy atom. The molecule has 1 rings (SSSR count). The molecule has 0 saturated heterocycles. The number of hydrogen-bond acceptors (Lipinski definition) is 3. The Morgan fingerprint density at radius 1 is 1.38 bits per heavy atom. The molecule has 0 amide bonds. The lowest BCUT2D eigenvalue weighted by atomic mass is 9.97. The van der Waals surface area contributed by atoms with Gasteiger partial charge in [0.25, 0.3) is 0 Å². The zero-order valence-corrected chi connectivity index (χ0v) is 11.3. The summed E-state index contributed by atoms with van der Waals surface area (Å²) in [6.45, 7) is 6.51. The summed E-state index contributed by atoms with van der Waals surface area (Å²) < 4.78 is 0. The molecule has 3 heteroatoms. The van der Waals surface area contributed by atoms with E-state index < -0.39 is 0 Å². The van der Waals surface area contributed by atoms with Crippen molar-refractivity contribution in [2.45, 2.75) is 20.4 Å². The molecule has 1 aromatic heterocycles. The number of pyridine rings is 1. The predicted octanol–water partition coefficient (Wildman–Crippen LogP) is 2.72. The van der Waals surface area contributed by atoms with Gasteiger partial charge in [-0.3, -0.25) is 4.98 Å². The molecule has 0 spiro atoms. The fourth-order valence-corrected chi connectivity index (χ4v) is 2.25. The van der Waals surface area contributed by atoms with E-state index in [0.717, 1.165) is 24.5 Å². The van der Waals surface area contributed by atoms with Gasteiger partial charge >= 0.3 is 0 Å². The number of hydrogen-bond donors (Lipinski definition) is 1. The summed E-state index contributed by atoms with van der Waals surface area (Å²) in [4.78, 5) is 6.66. The molecular weight excluding hydrogens is 216 g/mol. The van der Waals surface area contributed by atoms with Crippen LogP contribution in [0, 0.1) is 11.8 Å². The van der Waals surface area contributed by atoms with Crippen molar-refractivity contribution < 1.29 is 0 Å². The van der Waals surface area contributed by atoms with Crippen molar-refractivity contribution in [1.82, 2.24) is 9.88 Å². The van der Waals surface area contributed by atoms with E-state index in [1.807, 2.05) is 18.3 Å². The largest absolute Gasteiger partial charge is 0.300 e. The molecule has 1 unspecified atom stereocenters. The first kappa shape index (κ1) is 13.5. The highest BCUT2D eigenvalue weighted by molar-refractivity contribution is 7.80. The van der Waals surface area contributed by atoms with Gasteiger partial charge in [-0.25, -0.2) is 0 Å². The molecule has 0 N–H and O–H groups in total. The predicted molar refractivity (Wildman–Crippen MR) is 72.8 cm³/mol. The topological polar surface area (TPSA) is 16.1 Å². The van der Waals surface area contributed by atoms with Gasteiger partial charge in [0.2, 0.25) is 0 Å². The van der Waals surface area contributed by atoms with Gasteiger partial charge in [-0.05, 0) is 36.8 Å². The molecule has 0 radical (unpaired) electrons. The average molecular weight is 238 g/mol. The van der Waals surface area contributed by atoms with Crippen LogP contribution >= 0.6 is 12.6 Å². The van der Waals surface area contributed by atoms with Gasteiger partial charge in [-0.2, -0.15) is 12.6 Å². The second-order valence-corrected chi connectivity index (χ2v) is 5.07. The van der Waals surface area contributed by atoms with Gasteiger partial charge in [-0.15, -0.1) is 0 Å². The molecule has 0 aliphatic heterocycles. The number of rotatable bonds is 6. The van der Waals surface area contributed by atoms with Gasteiger partial charge < -0.3 is 4.90 Å². The standard InChI is InChI=1S/C13H22N2S/c1-11(2)12(10-16)8-15(3)9-13-6-4-5-7-14-13/h4-7,11-12,16H,8-10H2,1-3H3. The zero-order chi connectivity index (χ0) is 12.0. The van der Waals surface area contributed by atoms with Crippen molar-refractivity contribution in [1.29, 1.82) is 0 Å². The Balaban J connectivity index is 2.44. The Kier molecular flexibility index (Phi) is 5.85. The minimum Gasteiger partial charge on any atom is -0.300 e. The first-order chi connectivity index (χ1) is 7.63. The third kappa shape index (κ3) is 4.54. The highest BCUT2D eigenvalue weighted by atomic mass is 32.1. The van der Waals surface area contributed by atoms with Gasteiger partial charge in [0.05, 0.1) is 5.69 Å². The van der Waals surface area contributed by atoms with Crippen LogP contribution in [-0.2, 0) is 6.54 Å². The van der Waals surface area contributed by atoms with Crippen LogP contribution < -0.4 is 0 Å². The van der Waals surface area contributed by atoms with E-state index in [2.05, 4.69) is 49.5 Å². The van der Waals surface area contributed by atoms with Crippen LogP contribution in [0.4, 0.5) is 0 Å². The van der Waals surface area contributed by atoms with E-state index in [4.69, 9.17) is 0 Å². The first-order valence-electron chi connectivity index (χ1n) is 5.82. The number of thiol groups is 1. The van der Waals surface area contributed by atoms with E-state index in [-0.39, 0.29) is 0 Å². The third-order valence-corrected chi connectivity index (χ3v) is 3.35. The first-order valence-corrected chi connectivity index (χ1v) is 6.46. The second-order valence-electron chi connectivity index (χ2n) is 4.70. The highest BCUT2D eigenvalue weighted by Gasteiger charge is 2.14. The lowest BCUT2D eigenvalue weighted by molar-refractivity contribution is 0.244. The zero-order valence-electron chi connectivity index (χ0n) is 10.4. The average Bonchev–Trinajstić information content (AvgIpc) is 2.27. The molecule has 0 aromatic carbocycles. The summed E-state index contributed by atoms with van der Waals surface area (Å²) in [5, 5.41) is 0. The van der Waals surface area contributed by atoms with Crippen molar-refractivity contribution in [2.24, 2.45) is 11.8 Å². The molecule has 16 heavy (non-hydrogen) atoms. The van der Waals surface area contributed by atoms with Crippen LogP contribution in [0.3, 0.4) is 0 Å². The molecule has 1 aromatic rings. The van der Waals surface area contributed by atoms with E-state index in [0.29, 0.717) is 11.8 Å². The van der Waals surface area contributed by atoms with Crippen LogP contribution in [0.5, 0.6) is 0 Å². The summed E-state index contributed by atoms with van der Waals surface area (Å²) in [7, 11) is 2.15. The van der Waals surface area contributed by atoms with Crippen LogP contribution in [0.1, 0.15) is 19.5 Å². The molecule has 0 fully saturated rings. The maximum Gasteiger partial charge on any atom is 0.0543 e. The quantitative estimate of drug-likeness (QED) is 0.767. The van der Waals surface area contributed by atoms with E-state index in [1.54, 1.807) is 0 Å². The van der Waals surface area contributed by atoms with Gasteiger partial charge in [0.1, 0.15) is 0 Å². The van der Waals surface area contributed by atoms with Crippen LogP contribution in [0.25, 0.3) is 0 Å². The van der Waals surface area contributed by atoms with Crippen LogP contribution in [-0.4, -0.2) is 29.2 Å². The van der Waals surface area contributed by atoms with Crippen molar-refractivity contribution in [3.63, 3.8) is 0 Å². The third-order valence-electron chi connectivity index (χ3n) is 2.88.